The van der Waals surface area contributed by atoms with Crippen LogP contribution in [0.2, 0.25) is 0 Å². The Morgan fingerprint density at radius 2 is 1.00 bits per heavy atom. The molecule has 0 rings (SSSR count). The van der Waals surface area contributed by atoms with Crippen molar-refractivity contribution in [1.29, 1.82) is 0 Å². The van der Waals surface area contributed by atoms with Crippen LogP contribution in [0.15, 0.2) is 11.1 Å². The lowest BCUT2D eigenvalue weighted by molar-refractivity contribution is -0.146. The number of aliphatic carboxylic acids is 2. The van der Waals surface area contributed by atoms with Crippen LogP contribution in [-0.4, -0.2) is 74.7 Å². The van der Waals surface area contributed by atoms with E-state index < -0.39 is 47.9 Å². The molecule has 2 N–H and O–H groups in total. The number of carboxylic acid groups (broad SMARTS) is 2. The Morgan fingerprint density at radius 1 is 0.654 bits per heavy atom. The molecule has 0 atom stereocenters. The zero-order chi connectivity index (χ0) is 19.9. The summed E-state index contributed by atoms with van der Waals surface area (Å²) in [7, 11) is 2.95. The highest BCUT2D eigenvalue weighted by molar-refractivity contribution is 6.04. The molecule has 0 aliphatic heterocycles. The molecule has 148 valence electrons. The fourth-order valence-electron chi connectivity index (χ4n) is 1.79. The zero-order valence-corrected chi connectivity index (χ0v) is 14.8. The van der Waals surface area contributed by atoms with E-state index in [9.17, 15) is 29.4 Å². The van der Waals surface area contributed by atoms with Crippen molar-refractivity contribution in [3.8, 4) is 0 Å². The zero-order valence-electron chi connectivity index (χ0n) is 14.8. The highest BCUT2D eigenvalue weighted by Gasteiger charge is 2.25. The second-order valence-corrected chi connectivity index (χ2v) is 5.05. The molecule has 0 bridgehead atoms. The molecule has 0 aromatic carbocycles. The lowest BCUT2D eigenvalue weighted by atomic mass is 10.0. The normalized spacial score (nSPS) is 11.5. The van der Waals surface area contributed by atoms with Gasteiger partial charge in [-0.05, 0) is 0 Å². The minimum absolute atomic E-state index is 0.00349. The molecule has 26 heavy (non-hydrogen) atoms. The van der Waals surface area contributed by atoms with Gasteiger partial charge in [-0.15, -0.1) is 0 Å². The first kappa shape index (κ1) is 23.5. The van der Waals surface area contributed by atoms with Crippen molar-refractivity contribution in [1.82, 2.24) is 0 Å². The van der Waals surface area contributed by atoms with Crippen molar-refractivity contribution in [2.75, 3.05) is 40.6 Å². The summed E-state index contributed by atoms with van der Waals surface area (Å²) in [5.74, 6) is -5.07. The van der Waals surface area contributed by atoms with Crippen molar-refractivity contribution >= 4 is 23.9 Å². The average Bonchev–Trinajstić information content (AvgIpc) is 2.58. The van der Waals surface area contributed by atoms with Gasteiger partial charge >= 0.3 is 23.9 Å². The molecule has 0 saturated carbocycles. The van der Waals surface area contributed by atoms with Crippen LogP contribution in [0.4, 0.5) is 0 Å². The Bertz CT molecular complexity index is 477. The molecule has 0 aliphatic carbocycles. The molecule has 0 unspecified atom stereocenters. The predicted octanol–water partition coefficient (Wildman–Crippen LogP) is 0.392. The summed E-state index contributed by atoms with van der Waals surface area (Å²) >= 11 is 0. The molecule has 10 nitrogen and oxygen atoms in total. The smallest absolute Gasteiger partial charge is 0.332 e. The summed E-state index contributed by atoms with van der Waals surface area (Å²) in [4.78, 5) is 46.0. The van der Waals surface area contributed by atoms with E-state index >= 15 is 0 Å². The van der Waals surface area contributed by atoms with E-state index in [-0.39, 0.29) is 13.2 Å². The number of carboxylic acids is 2. The van der Waals surface area contributed by atoms with E-state index in [2.05, 4.69) is 0 Å². The minimum atomic E-state index is -1.62. The second-order valence-electron chi connectivity index (χ2n) is 5.05. The monoisotopic (exact) mass is 376 g/mol. The molecule has 0 heterocycles. The standard InChI is InChI=1S/C16H24O10/c1-23-5-3-7-25-13(17)9-11(15(19)20)12(16(21)22)10-14(18)26-8-4-6-24-2/h3-10H2,1-2H3,(H,19,20)(H,21,22)/b12-11+. The number of ether oxygens (including phenoxy) is 4. The maximum Gasteiger partial charge on any atom is 0.332 e. The molecule has 0 fully saturated rings. The quantitative estimate of drug-likeness (QED) is 0.248. The van der Waals surface area contributed by atoms with Crippen LogP contribution in [0.5, 0.6) is 0 Å². The molecule has 0 amide bonds. The Morgan fingerprint density at radius 3 is 1.27 bits per heavy atom. The highest BCUT2D eigenvalue weighted by atomic mass is 16.5. The van der Waals surface area contributed by atoms with Crippen LogP contribution in [0.25, 0.3) is 0 Å². The molecular weight excluding hydrogens is 352 g/mol. The summed E-state index contributed by atoms with van der Waals surface area (Å²) in [5.41, 5.74) is -1.44. The summed E-state index contributed by atoms with van der Waals surface area (Å²) in [6, 6.07) is 0. The fourth-order valence-corrected chi connectivity index (χ4v) is 1.79. The first-order valence-electron chi connectivity index (χ1n) is 7.81. The van der Waals surface area contributed by atoms with Crippen molar-refractivity contribution in [2.45, 2.75) is 25.7 Å². The van der Waals surface area contributed by atoms with Crippen molar-refractivity contribution < 1.29 is 48.3 Å². The van der Waals surface area contributed by atoms with Crippen LogP contribution >= 0.6 is 0 Å². The van der Waals surface area contributed by atoms with Crippen LogP contribution < -0.4 is 0 Å². The first-order chi connectivity index (χ1) is 12.3. The summed E-state index contributed by atoms with van der Waals surface area (Å²) in [5, 5.41) is 18.4. The maximum absolute atomic E-state index is 11.7. The maximum atomic E-state index is 11.7. The van der Waals surface area contributed by atoms with Gasteiger partial charge in [-0.25, -0.2) is 9.59 Å². The molecule has 0 saturated heterocycles. The minimum Gasteiger partial charge on any atom is -0.478 e. The van der Waals surface area contributed by atoms with Crippen LogP contribution in [-0.2, 0) is 38.1 Å². The Balaban J connectivity index is 4.95. The van der Waals surface area contributed by atoms with E-state index in [1.807, 2.05) is 0 Å². The van der Waals surface area contributed by atoms with E-state index in [4.69, 9.17) is 18.9 Å². The topological polar surface area (TPSA) is 146 Å². The molecule has 0 aromatic heterocycles. The summed E-state index contributed by atoms with van der Waals surface area (Å²) in [6.45, 7) is 0.710. The second kappa shape index (κ2) is 13.8. The van der Waals surface area contributed by atoms with Gasteiger partial charge in [0.05, 0.1) is 37.2 Å². The molecule has 0 radical (unpaired) electrons. The van der Waals surface area contributed by atoms with Gasteiger partial charge < -0.3 is 29.2 Å². The highest BCUT2D eigenvalue weighted by Crippen LogP contribution is 2.16. The third-order valence-corrected chi connectivity index (χ3v) is 3.03. The number of rotatable bonds is 14. The van der Waals surface area contributed by atoms with Gasteiger partial charge in [0.15, 0.2) is 0 Å². The van der Waals surface area contributed by atoms with Crippen molar-refractivity contribution in [3.63, 3.8) is 0 Å². The van der Waals surface area contributed by atoms with Crippen LogP contribution in [0.1, 0.15) is 25.7 Å². The van der Waals surface area contributed by atoms with E-state index in [1.54, 1.807) is 0 Å². The lowest BCUT2D eigenvalue weighted by Crippen LogP contribution is -2.19. The third-order valence-electron chi connectivity index (χ3n) is 3.03. The van der Waals surface area contributed by atoms with Crippen molar-refractivity contribution in [2.24, 2.45) is 0 Å². The molecule has 0 aromatic rings. The SMILES string of the molecule is COCCCOC(=O)C/C(C(=O)O)=C(/CC(=O)OCCCOC)C(=O)O. The summed E-state index contributed by atoms with van der Waals surface area (Å²) in [6.07, 6.45) is -0.732. The molecule has 0 aliphatic rings. The summed E-state index contributed by atoms with van der Waals surface area (Å²) < 4.78 is 19.2. The number of hydrogen-bond acceptors (Lipinski definition) is 8. The van der Waals surface area contributed by atoms with Gasteiger partial charge in [0.25, 0.3) is 0 Å². The van der Waals surface area contributed by atoms with Crippen LogP contribution in [0.3, 0.4) is 0 Å². The predicted molar refractivity (Wildman–Crippen MR) is 86.4 cm³/mol. The largest absolute Gasteiger partial charge is 0.478 e. The Kier molecular flexibility index (Phi) is 12.5. The Labute approximate surface area is 150 Å². The lowest BCUT2D eigenvalue weighted by Gasteiger charge is -2.10. The van der Waals surface area contributed by atoms with Gasteiger partial charge in [-0.3, -0.25) is 9.59 Å². The van der Waals surface area contributed by atoms with Gasteiger partial charge in [-0.1, -0.05) is 0 Å². The number of methoxy groups -OCH3 is 2. The van der Waals surface area contributed by atoms with E-state index in [0.29, 0.717) is 26.1 Å². The van der Waals surface area contributed by atoms with Gasteiger partial charge in [0, 0.05) is 40.3 Å². The molecule has 10 heteroatoms. The van der Waals surface area contributed by atoms with Gasteiger partial charge in [-0.2, -0.15) is 0 Å². The van der Waals surface area contributed by atoms with Crippen LogP contribution in [0, 0.1) is 0 Å². The Hall–Kier alpha value is -2.46. The van der Waals surface area contributed by atoms with Gasteiger partial charge in [0.1, 0.15) is 0 Å². The third kappa shape index (κ3) is 10.4. The van der Waals surface area contributed by atoms with E-state index in [0.717, 1.165) is 0 Å². The van der Waals surface area contributed by atoms with Gasteiger partial charge in [0.2, 0.25) is 0 Å². The van der Waals surface area contributed by atoms with Crippen molar-refractivity contribution in [3.05, 3.63) is 11.1 Å². The first-order valence-corrected chi connectivity index (χ1v) is 7.81. The number of carbonyl (C=O) groups excluding carboxylic acids is 2. The fraction of sp³-hybridized carbons (Fsp3) is 0.625. The number of esters is 2. The number of carbonyl (C=O) groups is 4. The molecular formula is C16H24O10. The molecule has 0 spiro atoms. The van der Waals surface area contributed by atoms with E-state index in [1.165, 1.54) is 14.2 Å². The number of hydrogen-bond donors (Lipinski definition) is 2. The average molecular weight is 376 g/mol.